The number of primary amides is 1. The highest BCUT2D eigenvalue weighted by Gasteiger charge is 2.35. The summed E-state index contributed by atoms with van der Waals surface area (Å²) in [5, 5.41) is 3.29. The van der Waals surface area contributed by atoms with Crippen molar-refractivity contribution in [3.8, 4) is 0 Å². The lowest BCUT2D eigenvalue weighted by Crippen LogP contribution is -2.57. The van der Waals surface area contributed by atoms with E-state index < -0.39 is 5.54 Å². The van der Waals surface area contributed by atoms with Gasteiger partial charge in [-0.2, -0.15) is 0 Å². The van der Waals surface area contributed by atoms with Gasteiger partial charge in [-0.25, -0.2) is 0 Å². The Balaban J connectivity index is 2.86. The molecule has 94 valence electrons. The summed E-state index contributed by atoms with van der Waals surface area (Å²) in [4.78, 5) is 15.6. The molecule has 2 atom stereocenters. The number of nitrogens with two attached hydrogens (primary N) is 1. The molecule has 0 bridgehead atoms. The second-order valence-corrected chi connectivity index (χ2v) is 4.87. The Morgan fingerprint density at radius 2 is 2.12 bits per heavy atom. The quantitative estimate of drug-likeness (QED) is 0.815. The molecule has 1 aromatic rings. The Bertz CT molecular complexity index is 378. The van der Waals surface area contributed by atoms with Crippen LogP contribution in [-0.2, 0) is 4.79 Å². The molecule has 2 unspecified atom stereocenters. The van der Waals surface area contributed by atoms with Gasteiger partial charge in [0.25, 0.3) is 0 Å². The SMILES string of the molecule is CC(NC(C)(C(N)=O)C(C)C)c1cccnc1. The zero-order valence-electron chi connectivity index (χ0n) is 10.9. The molecule has 0 aliphatic carbocycles. The Morgan fingerprint density at radius 3 is 2.53 bits per heavy atom. The third-order valence-electron chi connectivity index (χ3n) is 3.37. The van der Waals surface area contributed by atoms with E-state index >= 15 is 0 Å². The van der Waals surface area contributed by atoms with E-state index in [1.54, 1.807) is 12.4 Å². The summed E-state index contributed by atoms with van der Waals surface area (Å²) >= 11 is 0. The minimum Gasteiger partial charge on any atom is -0.368 e. The van der Waals surface area contributed by atoms with Gasteiger partial charge in [0.15, 0.2) is 0 Å². The van der Waals surface area contributed by atoms with Gasteiger partial charge in [-0.1, -0.05) is 19.9 Å². The topological polar surface area (TPSA) is 68.0 Å². The molecule has 17 heavy (non-hydrogen) atoms. The van der Waals surface area contributed by atoms with Crippen LogP contribution in [0.2, 0.25) is 0 Å². The van der Waals surface area contributed by atoms with Gasteiger partial charge in [-0.3, -0.25) is 15.1 Å². The van der Waals surface area contributed by atoms with Crippen molar-refractivity contribution in [1.29, 1.82) is 0 Å². The van der Waals surface area contributed by atoms with E-state index in [9.17, 15) is 4.79 Å². The van der Waals surface area contributed by atoms with E-state index in [0.717, 1.165) is 5.56 Å². The first-order valence-electron chi connectivity index (χ1n) is 5.85. The molecule has 0 saturated heterocycles. The predicted molar refractivity (Wildman–Crippen MR) is 68.2 cm³/mol. The molecule has 1 aromatic heterocycles. The Labute approximate surface area is 103 Å². The average molecular weight is 235 g/mol. The maximum atomic E-state index is 11.6. The van der Waals surface area contributed by atoms with Crippen LogP contribution in [0.1, 0.15) is 39.3 Å². The largest absolute Gasteiger partial charge is 0.368 e. The molecule has 1 heterocycles. The lowest BCUT2D eigenvalue weighted by molar-refractivity contribution is -0.125. The van der Waals surface area contributed by atoms with E-state index in [1.165, 1.54) is 0 Å². The maximum Gasteiger partial charge on any atom is 0.237 e. The molecule has 0 aromatic carbocycles. The smallest absolute Gasteiger partial charge is 0.237 e. The number of carbonyl (C=O) groups is 1. The van der Waals surface area contributed by atoms with Gasteiger partial charge in [0.05, 0.1) is 5.54 Å². The predicted octanol–water partition coefficient (Wildman–Crippen LogP) is 1.63. The Kier molecular flexibility index (Phi) is 4.23. The standard InChI is InChI=1S/C13H21N3O/c1-9(2)13(4,12(14)17)16-10(3)11-6-5-7-15-8-11/h5-10,16H,1-4H3,(H2,14,17). The van der Waals surface area contributed by atoms with Crippen LogP contribution in [0.15, 0.2) is 24.5 Å². The first-order chi connectivity index (χ1) is 7.88. The summed E-state index contributed by atoms with van der Waals surface area (Å²) in [5.41, 5.74) is 5.81. The Morgan fingerprint density at radius 1 is 1.47 bits per heavy atom. The monoisotopic (exact) mass is 235 g/mol. The second-order valence-electron chi connectivity index (χ2n) is 4.87. The van der Waals surface area contributed by atoms with Gasteiger partial charge in [-0.15, -0.1) is 0 Å². The van der Waals surface area contributed by atoms with Crippen LogP contribution < -0.4 is 11.1 Å². The summed E-state index contributed by atoms with van der Waals surface area (Å²) in [6.07, 6.45) is 3.52. The molecule has 0 aliphatic heterocycles. The molecule has 0 aliphatic rings. The van der Waals surface area contributed by atoms with Crippen LogP contribution in [-0.4, -0.2) is 16.4 Å². The molecule has 0 spiro atoms. The molecule has 0 fully saturated rings. The molecule has 4 nitrogen and oxygen atoms in total. The first kappa shape index (κ1) is 13.6. The number of hydrogen-bond acceptors (Lipinski definition) is 3. The number of amides is 1. The van der Waals surface area contributed by atoms with Crippen molar-refractivity contribution in [3.63, 3.8) is 0 Å². The summed E-state index contributed by atoms with van der Waals surface area (Å²) in [5.74, 6) is -0.206. The van der Waals surface area contributed by atoms with Crippen LogP contribution in [0.3, 0.4) is 0 Å². The molecule has 0 radical (unpaired) electrons. The highest BCUT2D eigenvalue weighted by atomic mass is 16.1. The molecule has 3 N–H and O–H groups in total. The number of hydrogen-bond donors (Lipinski definition) is 2. The number of rotatable bonds is 5. The highest BCUT2D eigenvalue weighted by Crippen LogP contribution is 2.21. The van der Waals surface area contributed by atoms with Gasteiger partial charge in [0.2, 0.25) is 5.91 Å². The molecular weight excluding hydrogens is 214 g/mol. The van der Waals surface area contributed by atoms with Crippen molar-refractivity contribution in [2.45, 2.75) is 39.3 Å². The maximum absolute atomic E-state index is 11.6. The summed E-state index contributed by atoms with van der Waals surface area (Å²) < 4.78 is 0. The van der Waals surface area contributed by atoms with E-state index in [-0.39, 0.29) is 17.9 Å². The van der Waals surface area contributed by atoms with Gasteiger partial charge >= 0.3 is 0 Å². The lowest BCUT2D eigenvalue weighted by atomic mass is 9.86. The van der Waals surface area contributed by atoms with Crippen LogP contribution in [0.4, 0.5) is 0 Å². The van der Waals surface area contributed by atoms with Gasteiger partial charge in [0, 0.05) is 18.4 Å². The van der Waals surface area contributed by atoms with Gasteiger partial charge in [-0.05, 0) is 31.4 Å². The van der Waals surface area contributed by atoms with Crippen LogP contribution in [0.5, 0.6) is 0 Å². The van der Waals surface area contributed by atoms with Crippen molar-refractivity contribution in [2.24, 2.45) is 11.7 Å². The Hall–Kier alpha value is -1.42. The van der Waals surface area contributed by atoms with Crippen molar-refractivity contribution >= 4 is 5.91 Å². The highest BCUT2D eigenvalue weighted by molar-refractivity contribution is 5.84. The third kappa shape index (κ3) is 3.03. The number of carbonyl (C=O) groups excluding carboxylic acids is 1. The molecule has 1 rings (SSSR count). The third-order valence-corrected chi connectivity index (χ3v) is 3.37. The van der Waals surface area contributed by atoms with E-state index in [0.29, 0.717) is 0 Å². The zero-order chi connectivity index (χ0) is 13.1. The van der Waals surface area contributed by atoms with Crippen LogP contribution in [0, 0.1) is 5.92 Å². The second kappa shape index (κ2) is 5.27. The minimum atomic E-state index is -0.713. The van der Waals surface area contributed by atoms with E-state index in [1.807, 2.05) is 39.8 Å². The minimum absolute atomic E-state index is 0.0311. The molecular formula is C13H21N3O. The fourth-order valence-corrected chi connectivity index (χ4v) is 1.69. The van der Waals surface area contributed by atoms with E-state index in [4.69, 9.17) is 5.73 Å². The lowest BCUT2D eigenvalue weighted by Gasteiger charge is -2.34. The normalized spacial score (nSPS) is 16.5. The number of aromatic nitrogens is 1. The van der Waals surface area contributed by atoms with E-state index in [2.05, 4.69) is 10.3 Å². The van der Waals surface area contributed by atoms with Crippen LogP contribution >= 0.6 is 0 Å². The van der Waals surface area contributed by atoms with Crippen molar-refractivity contribution < 1.29 is 4.79 Å². The molecule has 0 saturated carbocycles. The van der Waals surface area contributed by atoms with Crippen molar-refractivity contribution in [2.75, 3.05) is 0 Å². The summed E-state index contributed by atoms with van der Waals surface area (Å²) in [6, 6.07) is 3.89. The van der Waals surface area contributed by atoms with Crippen molar-refractivity contribution in [1.82, 2.24) is 10.3 Å². The van der Waals surface area contributed by atoms with Crippen molar-refractivity contribution in [3.05, 3.63) is 30.1 Å². The molecule has 4 heteroatoms. The first-order valence-corrected chi connectivity index (χ1v) is 5.85. The summed E-state index contributed by atoms with van der Waals surface area (Å²) in [6.45, 7) is 7.80. The fourth-order valence-electron chi connectivity index (χ4n) is 1.69. The number of nitrogens with one attached hydrogen (secondary N) is 1. The van der Waals surface area contributed by atoms with Crippen LogP contribution in [0.25, 0.3) is 0 Å². The summed E-state index contributed by atoms with van der Waals surface area (Å²) in [7, 11) is 0. The van der Waals surface area contributed by atoms with Gasteiger partial charge < -0.3 is 5.73 Å². The number of nitrogens with zero attached hydrogens (tertiary/aromatic N) is 1. The number of pyridine rings is 1. The molecule has 1 amide bonds. The zero-order valence-corrected chi connectivity index (χ0v) is 10.9. The average Bonchev–Trinajstić information content (AvgIpc) is 2.29. The fraction of sp³-hybridized carbons (Fsp3) is 0.538. The van der Waals surface area contributed by atoms with Gasteiger partial charge in [0.1, 0.15) is 0 Å².